The van der Waals surface area contributed by atoms with Gasteiger partial charge in [0.1, 0.15) is 22.6 Å². The maximum absolute atomic E-state index is 13.3. The summed E-state index contributed by atoms with van der Waals surface area (Å²) < 4.78 is 0. The zero-order valence-corrected chi connectivity index (χ0v) is 39.2. The summed E-state index contributed by atoms with van der Waals surface area (Å²) in [6.07, 6.45) is 0.782. The van der Waals surface area contributed by atoms with Gasteiger partial charge in [-0.05, 0) is 68.2 Å². The number of phenolic OH excluding ortho intramolecular Hbond substituents is 2. The van der Waals surface area contributed by atoms with Crippen LogP contribution in [0.15, 0.2) is 84.6 Å². The van der Waals surface area contributed by atoms with Gasteiger partial charge in [0.15, 0.2) is 5.78 Å². The Kier molecular flexibility index (Phi) is 15.8. The highest BCUT2D eigenvalue weighted by atomic mass is 16.6. The van der Waals surface area contributed by atoms with Crippen molar-refractivity contribution < 1.29 is 39.2 Å². The first-order chi connectivity index (χ1) is 29.2. The van der Waals surface area contributed by atoms with Crippen LogP contribution in [0.2, 0.25) is 0 Å². The molecule has 0 spiro atoms. The molecule has 0 atom stereocenters. The summed E-state index contributed by atoms with van der Waals surface area (Å²) in [5.74, 6) is -2.68. The number of aromatic hydroxyl groups is 2. The monoisotopic (exact) mass is 879 g/mol. The molecule has 0 saturated heterocycles. The van der Waals surface area contributed by atoms with Gasteiger partial charge in [-0.2, -0.15) is 0 Å². The number of Topliss-reactive ketones (excluding diaryl/α,β-unsaturated/α-hetero) is 2. The van der Waals surface area contributed by atoms with Gasteiger partial charge in [-0.1, -0.05) is 107 Å². The molecule has 0 aliphatic carbocycles. The largest absolute Gasteiger partial charge is 0.508 e. The predicted molar refractivity (Wildman–Crippen MR) is 250 cm³/mol. The van der Waals surface area contributed by atoms with E-state index in [-0.39, 0.29) is 61.2 Å². The Hall–Kier alpha value is -6.90. The second-order valence-electron chi connectivity index (χ2n) is 19.8. The third-order valence-electron chi connectivity index (χ3n) is 9.97. The van der Waals surface area contributed by atoms with Gasteiger partial charge in [-0.25, -0.2) is 0 Å². The number of nitro benzene ring substituents is 2. The van der Waals surface area contributed by atoms with Crippen LogP contribution in [0.4, 0.5) is 22.7 Å². The SMILES string of the molecule is CC(C)(C)c1cc(C(C)(C)C)c(NC(=O)CC(=O)c2ccccc2[N+](=O)[O-])cc1O.CN(C)/C=C(\C(=O)Nc1cc(O)c(C(C)(C)C)cc1C(C)(C)C)C(=O)c1ccccc1[N+](=O)[O-]. The zero-order valence-electron chi connectivity index (χ0n) is 39.2. The molecule has 0 radical (unpaired) electrons. The molecule has 2 amide bonds. The van der Waals surface area contributed by atoms with Crippen LogP contribution in [-0.4, -0.2) is 62.4 Å². The summed E-state index contributed by atoms with van der Waals surface area (Å²) >= 11 is 0. The lowest BCUT2D eigenvalue weighted by Crippen LogP contribution is -2.26. The lowest BCUT2D eigenvalue weighted by molar-refractivity contribution is -0.385. The molecule has 4 aromatic rings. The molecule has 0 aromatic heterocycles. The van der Waals surface area contributed by atoms with Gasteiger partial charge in [0.05, 0.1) is 21.8 Å². The van der Waals surface area contributed by atoms with Crippen molar-refractivity contribution in [3.05, 3.63) is 138 Å². The van der Waals surface area contributed by atoms with Crippen molar-refractivity contribution in [1.29, 1.82) is 0 Å². The molecule has 0 heterocycles. The average Bonchev–Trinajstić information content (AvgIpc) is 3.14. The molecule has 0 aliphatic heterocycles. The van der Waals surface area contributed by atoms with E-state index < -0.39 is 39.6 Å². The van der Waals surface area contributed by atoms with Crippen LogP contribution in [0.5, 0.6) is 11.5 Å². The number of phenols is 2. The summed E-state index contributed by atoms with van der Waals surface area (Å²) in [7, 11) is 3.29. The van der Waals surface area contributed by atoms with E-state index in [9.17, 15) is 49.6 Å². The number of anilines is 2. The van der Waals surface area contributed by atoms with Crippen LogP contribution >= 0.6 is 0 Å². The number of nitro groups is 2. The standard InChI is InChI=1S/C26H33N3O5.C23H28N2O5/c1-25(2,3)18-13-19(26(4,5)6)22(30)14-20(18)27-24(32)17(15-28(7)8)23(31)16-11-9-10-12-21(16)29(33)34;1-22(2,3)15-11-16(23(4,5)6)20(27)12-17(15)24-21(28)13-19(26)14-9-7-8-10-18(14)25(29)30/h9-15,30H,1-8H3,(H,27,32);7-12,27H,13H2,1-6H3,(H,24,28)/b17-15-;. The topological polar surface area (TPSA) is 222 Å². The van der Waals surface area contributed by atoms with Crippen molar-refractivity contribution in [1.82, 2.24) is 4.90 Å². The Labute approximate surface area is 374 Å². The fourth-order valence-corrected chi connectivity index (χ4v) is 6.77. The smallest absolute Gasteiger partial charge is 0.280 e. The Morgan fingerprint density at radius 2 is 0.969 bits per heavy atom. The molecule has 0 aliphatic rings. The van der Waals surface area contributed by atoms with Gasteiger partial charge < -0.3 is 25.7 Å². The molecule has 342 valence electrons. The molecule has 4 N–H and O–H groups in total. The van der Waals surface area contributed by atoms with E-state index in [1.807, 2.05) is 95.2 Å². The predicted octanol–water partition coefficient (Wildman–Crippen LogP) is 10.3. The van der Waals surface area contributed by atoms with Gasteiger partial charge in [-0.3, -0.25) is 39.4 Å². The van der Waals surface area contributed by atoms with E-state index >= 15 is 0 Å². The number of para-hydroxylation sites is 2. The highest BCUT2D eigenvalue weighted by Crippen LogP contribution is 2.41. The number of hydrogen-bond acceptors (Lipinski definition) is 11. The number of rotatable bonds is 11. The Balaban J connectivity index is 0.000000343. The Bertz CT molecular complexity index is 2490. The van der Waals surface area contributed by atoms with Gasteiger partial charge >= 0.3 is 0 Å². The molecular weight excluding hydrogens is 819 g/mol. The number of carbonyl (C=O) groups is 4. The summed E-state index contributed by atoms with van der Waals surface area (Å²) in [5.41, 5.74) is 1.24. The first kappa shape index (κ1) is 51.5. The molecular formula is C49H61N5O10. The third-order valence-corrected chi connectivity index (χ3v) is 9.97. The number of nitrogens with zero attached hydrogens (tertiary/aromatic N) is 3. The number of carbonyl (C=O) groups excluding carboxylic acids is 4. The summed E-state index contributed by atoms with van der Waals surface area (Å²) in [4.78, 5) is 74.4. The van der Waals surface area contributed by atoms with Crippen LogP contribution in [0.25, 0.3) is 0 Å². The summed E-state index contributed by atoms with van der Waals surface area (Å²) in [6.45, 7) is 23.8. The van der Waals surface area contributed by atoms with Crippen LogP contribution in [-0.2, 0) is 31.2 Å². The van der Waals surface area contributed by atoms with E-state index in [0.29, 0.717) is 11.4 Å². The van der Waals surface area contributed by atoms with Crippen LogP contribution in [0, 0.1) is 20.2 Å². The van der Waals surface area contributed by atoms with Crippen molar-refractivity contribution in [2.45, 2.75) is 111 Å². The molecule has 64 heavy (non-hydrogen) atoms. The minimum atomic E-state index is -0.772. The molecule has 15 heteroatoms. The summed E-state index contributed by atoms with van der Waals surface area (Å²) in [6, 6.07) is 17.8. The molecule has 0 unspecified atom stereocenters. The van der Waals surface area contributed by atoms with E-state index in [1.54, 1.807) is 14.1 Å². The fraction of sp³-hybridized carbons (Fsp3) is 0.388. The molecule has 0 bridgehead atoms. The van der Waals surface area contributed by atoms with Crippen molar-refractivity contribution in [3.8, 4) is 11.5 Å². The van der Waals surface area contributed by atoms with Gasteiger partial charge in [0, 0.05) is 55.9 Å². The number of amides is 2. The van der Waals surface area contributed by atoms with Gasteiger partial charge in [0.2, 0.25) is 11.7 Å². The van der Waals surface area contributed by atoms with Crippen LogP contribution in [0.1, 0.15) is 132 Å². The van der Waals surface area contributed by atoms with E-state index in [4.69, 9.17) is 0 Å². The third kappa shape index (κ3) is 13.1. The molecule has 0 fully saturated rings. The zero-order chi connectivity index (χ0) is 48.9. The maximum Gasteiger partial charge on any atom is 0.280 e. The van der Waals surface area contributed by atoms with Gasteiger partial charge in [0.25, 0.3) is 17.3 Å². The number of ketones is 2. The molecule has 4 aromatic carbocycles. The van der Waals surface area contributed by atoms with E-state index in [2.05, 4.69) is 10.6 Å². The minimum Gasteiger partial charge on any atom is -0.508 e. The Morgan fingerprint density at radius 1 is 0.594 bits per heavy atom. The first-order valence-electron chi connectivity index (χ1n) is 20.6. The summed E-state index contributed by atoms with van der Waals surface area (Å²) in [5, 5.41) is 49.2. The highest BCUT2D eigenvalue weighted by Gasteiger charge is 2.31. The number of hydrogen-bond donors (Lipinski definition) is 4. The quantitative estimate of drug-likeness (QED) is 0.0277. The molecule has 0 saturated carbocycles. The lowest BCUT2D eigenvalue weighted by Gasteiger charge is -2.28. The van der Waals surface area contributed by atoms with Crippen LogP contribution < -0.4 is 10.6 Å². The van der Waals surface area contributed by atoms with Crippen molar-refractivity contribution in [2.24, 2.45) is 0 Å². The van der Waals surface area contributed by atoms with E-state index in [1.165, 1.54) is 71.8 Å². The average molecular weight is 880 g/mol. The first-order valence-corrected chi connectivity index (χ1v) is 20.6. The van der Waals surface area contributed by atoms with Crippen molar-refractivity contribution >= 4 is 46.1 Å². The van der Waals surface area contributed by atoms with E-state index in [0.717, 1.165) is 22.3 Å². The maximum atomic E-state index is 13.3. The van der Waals surface area contributed by atoms with Crippen LogP contribution in [0.3, 0.4) is 0 Å². The second-order valence-corrected chi connectivity index (χ2v) is 19.8. The fourth-order valence-electron chi connectivity index (χ4n) is 6.77. The minimum absolute atomic E-state index is 0.0268. The highest BCUT2D eigenvalue weighted by molar-refractivity contribution is 6.29. The second kappa shape index (κ2) is 19.7. The molecule has 4 rings (SSSR count). The number of nitrogens with one attached hydrogen (secondary N) is 2. The lowest BCUT2D eigenvalue weighted by atomic mass is 9.79. The Morgan fingerprint density at radius 3 is 1.36 bits per heavy atom. The van der Waals surface area contributed by atoms with Crippen molar-refractivity contribution in [2.75, 3.05) is 24.7 Å². The van der Waals surface area contributed by atoms with Gasteiger partial charge in [-0.15, -0.1) is 0 Å². The van der Waals surface area contributed by atoms with Crippen molar-refractivity contribution in [3.63, 3.8) is 0 Å². The normalized spacial score (nSPS) is 12.1. The number of benzene rings is 4. The molecule has 15 nitrogen and oxygen atoms in total.